The number of morpholine rings is 1. The molecule has 0 aliphatic carbocycles. The Hall–Kier alpha value is -1.34. The van der Waals surface area contributed by atoms with E-state index in [1.54, 1.807) is 13.8 Å². The molecule has 1 aliphatic heterocycles. The number of aliphatic carboxylic acids is 1. The summed E-state index contributed by atoms with van der Waals surface area (Å²) < 4.78 is 5.53. The van der Waals surface area contributed by atoms with Crippen molar-refractivity contribution in [3.8, 4) is 0 Å². The van der Waals surface area contributed by atoms with E-state index in [0.29, 0.717) is 26.0 Å². The number of carboxylic acids is 1. The molecule has 0 radical (unpaired) electrons. The molecule has 1 unspecified atom stereocenters. The third kappa shape index (κ3) is 4.35. The van der Waals surface area contributed by atoms with Gasteiger partial charge in [-0.3, -0.25) is 0 Å². The van der Waals surface area contributed by atoms with Gasteiger partial charge in [0.25, 0.3) is 0 Å². The Kier molecular flexibility index (Phi) is 6.22. The lowest BCUT2D eigenvalue weighted by Crippen LogP contribution is -2.57. The Morgan fingerprint density at radius 2 is 2.05 bits per heavy atom. The van der Waals surface area contributed by atoms with Gasteiger partial charge in [0.15, 0.2) is 0 Å². The number of rotatable bonds is 6. The zero-order valence-corrected chi connectivity index (χ0v) is 12.4. The number of ether oxygens (including phenoxy) is 1. The molecule has 1 saturated heterocycles. The van der Waals surface area contributed by atoms with E-state index in [1.807, 2.05) is 7.05 Å². The molecule has 0 saturated carbocycles. The van der Waals surface area contributed by atoms with Crippen molar-refractivity contribution in [1.29, 1.82) is 0 Å². The number of nitrogens with one attached hydrogen (secondary N) is 2. The molecule has 1 heterocycles. The molecule has 1 aliphatic rings. The molecule has 7 heteroatoms. The number of carbonyl (C=O) groups excluding carboxylic acids is 1. The van der Waals surface area contributed by atoms with Crippen LogP contribution in [0.3, 0.4) is 0 Å². The van der Waals surface area contributed by atoms with Gasteiger partial charge < -0.3 is 25.4 Å². The molecular weight excluding hydrogens is 262 g/mol. The van der Waals surface area contributed by atoms with Gasteiger partial charge in [0.1, 0.15) is 5.54 Å². The lowest BCUT2D eigenvalue weighted by Gasteiger charge is -2.31. The lowest BCUT2D eigenvalue weighted by molar-refractivity contribution is -0.144. The van der Waals surface area contributed by atoms with Crippen LogP contribution in [0, 0.1) is 0 Å². The Morgan fingerprint density at radius 1 is 1.40 bits per heavy atom. The number of hydrogen-bond acceptors (Lipinski definition) is 4. The lowest BCUT2D eigenvalue weighted by atomic mass is 9.93. The highest BCUT2D eigenvalue weighted by Crippen LogP contribution is 2.15. The van der Waals surface area contributed by atoms with E-state index in [0.717, 1.165) is 13.1 Å². The summed E-state index contributed by atoms with van der Waals surface area (Å²) >= 11 is 0. The summed E-state index contributed by atoms with van der Waals surface area (Å²) in [6, 6.07) is -0.465. The molecule has 0 spiro atoms. The summed E-state index contributed by atoms with van der Waals surface area (Å²) in [5.41, 5.74) is -1.20. The van der Waals surface area contributed by atoms with Crippen LogP contribution in [0.5, 0.6) is 0 Å². The van der Waals surface area contributed by atoms with Gasteiger partial charge in [-0.05, 0) is 19.9 Å². The summed E-state index contributed by atoms with van der Waals surface area (Å²) in [7, 11) is 2.00. The fourth-order valence-corrected chi connectivity index (χ4v) is 2.24. The zero-order valence-electron chi connectivity index (χ0n) is 12.4. The number of carboxylic acid groups (broad SMARTS) is 1. The first kappa shape index (κ1) is 16.7. The second-order valence-corrected chi connectivity index (χ2v) is 5.18. The first-order chi connectivity index (χ1) is 9.43. The summed E-state index contributed by atoms with van der Waals surface area (Å²) in [5, 5.41) is 14.5. The third-order valence-electron chi connectivity index (χ3n) is 3.80. The van der Waals surface area contributed by atoms with Crippen LogP contribution in [0.2, 0.25) is 0 Å². The van der Waals surface area contributed by atoms with Crippen molar-refractivity contribution in [1.82, 2.24) is 15.5 Å². The van der Waals surface area contributed by atoms with E-state index in [1.165, 1.54) is 0 Å². The average molecular weight is 287 g/mol. The van der Waals surface area contributed by atoms with Crippen LogP contribution in [-0.2, 0) is 9.53 Å². The fourth-order valence-electron chi connectivity index (χ4n) is 2.24. The van der Waals surface area contributed by atoms with Crippen LogP contribution in [-0.4, -0.2) is 66.9 Å². The van der Waals surface area contributed by atoms with E-state index in [-0.39, 0.29) is 6.10 Å². The highest BCUT2D eigenvalue weighted by molar-refractivity contribution is 5.86. The van der Waals surface area contributed by atoms with Crippen LogP contribution in [0.4, 0.5) is 4.79 Å². The maximum Gasteiger partial charge on any atom is 0.329 e. The molecule has 0 bridgehead atoms. The molecule has 3 N–H and O–H groups in total. The van der Waals surface area contributed by atoms with Crippen molar-refractivity contribution in [2.45, 2.75) is 38.3 Å². The monoisotopic (exact) mass is 287 g/mol. The van der Waals surface area contributed by atoms with E-state index in [2.05, 4.69) is 15.5 Å². The molecule has 1 fully saturated rings. The average Bonchev–Trinajstić information content (AvgIpc) is 2.42. The van der Waals surface area contributed by atoms with Crippen molar-refractivity contribution >= 4 is 12.0 Å². The predicted molar refractivity (Wildman–Crippen MR) is 74.7 cm³/mol. The van der Waals surface area contributed by atoms with Gasteiger partial charge >= 0.3 is 12.0 Å². The number of hydrogen-bond donors (Lipinski definition) is 3. The van der Waals surface area contributed by atoms with Crippen molar-refractivity contribution in [2.75, 3.05) is 33.3 Å². The summed E-state index contributed by atoms with van der Waals surface area (Å²) in [6.45, 7) is 6.16. The van der Waals surface area contributed by atoms with Gasteiger partial charge in [0.2, 0.25) is 0 Å². The number of likely N-dealkylation sites (N-methyl/N-ethyl adjacent to an activating group) is 1. The maximum atomic E-state index is 11.9. The first-order valence-electron chi connectivity index (χ1n) is 7.03. The topological polar surface area (TPSA) is 90.9 Å². The number of nitrogens with zero attached hydrogens (tertiary/aromatic N) is 1. The van der Waals surface area contributed by atoms with Crippen LogP contribution in [0.15, 0.2) is 0 Å². The normalized spacial score (nSPS) is 20.4. The minimum atomic E-state index is -1.20. The second kappa shape index (κ2) is 7.44. The van der Waals surface area contributed by atoms with Gasteiger partial charge in [0.05, 0.1) is 12.7 Å². The highest BCUT2D eigenvalue weighted by Gasteiger charge is 2.36. The first-order valence-corrected chi connectivity index (χ1v) is 7.03. The molecule has 20 heavy (non-hydrogen) atoms. The zero-order chi connectivity index (χ0) is 15.2. The molecule has 7 nitrogen and oxygen atoms in total. The minimum absolute atomic E-state index is 0.0537. The van der Waals surface area contributed by atoms with E-state index in [4.69, 9.17) is 4.74 Å². The van der Waals surface area contributed by atoms with Gasteiger partial charge in [-0.25, -0.2) is 9.59 Å². The molecule has 1 atom stereocenters. The molecule has 0 aromatic carbocycles. The third-order valence-corrected chi connectivity index (χ3v) is 3.80. The molecule has 0 aromatic rings. The summed E-state index contributed by atoms with van der Waals surface area (Å²) in [6.07, 6.45) is 0.631. The fraction of sp³-hybridized carbons (Fsp3) is 0.846. The maximum absolute atomic E-state index is 11.9. The highest BCUT2D eigenvalue weighted by atomic mass is 16.5. The van der Waals surface area contributed by atoms with Crippen LogP contribution in [0.1, 0.15) is 26.7 Å². The largest absolute Gasteiger partial charge is 0.480 e. The quantitative estimate of drug-likeness (QED) is 0.652. The Balaban J connectivity index is 2.44. The second-order valence-electron chi connectivity index (χ2n) is 5.18. The van der Waals surface area contributed by atoms with Crippen molar-refractivity contribution in [3.63, 3.8) is 0 Å². The number of carbonyl (C=O) groups is 2. The molecule has 2 amide bonds. The van der Waals surface area contributed by atoms with Crippen molar-refractivity contribution in [2.24, 2.45) is 0 Å². The van der Waals surface area contributed by atoms with Crippen LogP contribution < -0.4 is 10.6 Å². The van der Waals surface area contributed by atoms with Gasteiger partial charge in [0, 0.05) is 19.6 Å². The molecule has 116 valence electrons. The minimum Gasteiger partial charge on any atom is -0.480 e. The molecule has 1 rings (SSSR count). The van der Waals surface area contributed by atoms with Crippen molar-refractivity contribution in [3.05, 3.63) is 0 Å². The summed E-state index contributed by atoms with van der Waals surface area (Å²) in [5.74, 6) is -1.01. The Bertz CT molecular complexity index is 345. The smallest absolute Gasteiger partial charge is 0.329 e. The van der Waals surface area contributed by atoms with Gasteiger partial charge in [-0.15, -0.1) is 0 Å². The molecule has 0 aromatic heterocycles. The van der Waals surface area contributed by atoms with Crippen LogP contribution in [0.25, 0.3) is 0 Å². The van der Waals surface area contributed by atoms with Crippen molar-refractivity contribution < 1.29 is 19.4 Å². The van der Waals surface area contributed by atoms with Gasteiger partial charge in [-0.2, -0.15) is 0 Å². The van der Waals surface area contributed by atoms with E-state index >= 15 is 0 Å². The van der Waals surface area contributed by atoms with E-state index < -0.39 is 17.5 Å². The Labute approximate surface area is 119 Å². The van der Waals surface area contributed by atoms with E-state index in [9.17, 15) is 14.7 Å². The number of urea groups is 1. The van der Waals surface area contributed by atoms with Crippen LogP contribution >= 0.6 is 0 Å². The van der Waals surface area contributed by atoms with Gasteiger partial charge in [-0.1, -0.05) is 13.8 Å². The standard InChI is InChI=1S/C13H25N3O4/c1-4-13(5-2,11(17)18)15-12(19)14-8-10-9-16(3)6-7-20-10/h10H,4-9H2,1-3H3,(H,17,18)(H2,14,15,19). The predicted octanol–water partition coefficient (Wildman–Crippen LogP) is 0.260. The molecular formula is C13H25N3O4. The SMILES string of the molecule is CCC(CC)(NC(=O)NCC1CN(C)CCO1)C(=O)O. The summed E-state index contributed by atoms with van der Waals surface area (Å²) in [4.78, 5) is 25.3. The Morgan fingerprint density at radius 3 is 2.55 bits per heavy atom. The number of amides is 2.